The minimum atomic E-state index is -1.23. The standard InChI is InChI=1S/C62H54N2O12/c1-4-40-69-53-25-15-48(16-26-53)63(46-11-9-45(10-12-46)43-72-55-35-37-57(38-36-55)74-61(68)6-3)50-19-29-58(30-20-50)75-62(70-41-39-65)76-59-31-21-51(22-32-59)64(49-17-27-56(28-18-49)73-60(67)5-2)47-13-7-44(8-14-47)42-71-54-33-23-52(66)24-34-54/h4-38,62,65-66H,1-3,39-43H2. The van der Waals surface area contributed by atoms with E-state index in [2.05, 4.69) is 24.6 Å². The van der Waals surface area contributed by atoms with Gasteiger partial charge in [-0.15, -0.1) is 0 Å². The Bertz CT molecular complexity index is 3150. The summed E-state index contributed by atoms with van der Waals surface area (Å²) in [5.41, 5.74) is 6.83. The fraction of sp³-hybridized carbons (Fsp3) is 0.0968. The van der Waals surface area contributed by atoms with Crippen molar-refractivity contribution in [2.45, 2.75) is 19.7 Å². The number of hydrogen-bond donors (Lipinski definition) is 2. The second kappa shape index (κ2) is 26.3. The first kappa shape index (κ1) is 52.6. The predicted molar refractivity (Wildman–Crippen MR) is 291 cm³/mol. The number of ether oxygens (including phenoxy) is 8. The number of nitrogens with zero attached hydrogens (tertiary/aromatic N) is 2. The number of carbonyl (C=O) groups excluding carboxylic acids is 2. The molecule has 0 amide bonds. The van der Waals surface area contributed by atoms with Gasteiger partial charge < -0.3 is 57.9 Å². The smallest absolute Gasteiger partial charge is 0.360 e. The molecular weight excluding hydrogens is 965 g/mol. The molecule has 0 saturated carbocycles. The summed E-state index contributed by atoms with van der Waals surface area (Å²) in [5.74, 6) is 2.65. The molecule has 8 aromatic rings. The fourth-order valence-corrected chi connectivity index (χ4v) is 7.49. The van der Waals surface area contributed by atoms with Gasteiger partial charge in [0, 0.05) is 46.3 Å². The normalized spacial score (nSPS) is 11.0. The van der Waals surface area contributed by atoms with Crippen LogP contribution in [0.4, 0.5) is 34.1 Å². The van der Waals surface area contributed by atoms with Gasteiger partial charge in [0.25, 0.3) is 0 Å². The van der Waals surface area contributed by atoms with Gasteiger partial charge in [0.05, 0.1) is 13.2 Å². The number of carbonyl (C=O) groups is 2. The lowest BCUT2D eigenvalue weighted by Crippen LogP contribution is -2.28. The van der Waals surface area contributed by atoms with Crippen molar-refractivity contribution >= 4 is 46.1 Å². The number of esters is 2. The average molecular weight is 1020 g/mol. The SMILES string of the molecule is C=CCOc1ccc(N(c2ccc(COc3ccc(OC(=O)C=C)cc3)cc2)c2ccc(OC(OCCO)Oc3ccc(N(c4ccc(COc5ccc(O)cc5)cc4)c4ccc(OC(=O)C=C)cc4)cc3)cc2)cc1. The van der Waals surface area contributed by atoms with Gasteiger partial charge >= 0.3 is 18.4 Å². The molecule has 0 radical (unpaired) electrons. The summed E-state index contributed by atoms with van der Waals surface area (Å²) in [6.45, 7) is 10.1. The predicted octanol–water partition coefficient (Wildman–Crippen LogP) is 13.0. The summed E-state index contributed by atoms with van der Waals surface area (Å²) >= 11 is 0. The molecule has 0 aromatic heterocycles. The first-order valence-corrected chi connectivity index (χ1v) is 24.0. The third-order valence-electron chi connectivity index (χ3n) is 11.2. The molecule has 0 aliphatic carbocycles. The molecule has 8 aromatic carbocycles. The zero-order chi connectivity index (χ0) is 53.1. The maximum absolute atomic E-state index is 11.9. The number of phenols is 1. The van der Waals surface area contributed by atoms with Crippen LogP contribution in [-0.2, 0) is 27.5 Å². The molecular formula is C62H54N2O12. The number of aliphatic hydroxyl groups excluding tert-OH is 1. The van der Waals surface area contributed by atoms with Crippen LogP contribution in [0.3, 0.4) is 0 Å². The summed E-state index contributed by atoms with van der Waals surface area (Å²) in [5, 5.41) is 19.4. The minimum Gasteiger partial charge on any atom is -0.508 e. The van der Waals surface area contributed by atoms with Crippen molar-refractivity contribution in [1.29, 1.82) is 0 Å². The van der Waals surface area contributed by atoms with E-state index in [0.717, 1.165) is 57.4 Å². The van der Waals surface area contributed by atoms with Crippen LogP contribution in [-0.4, -0.2) is 48.4 Å². The molecule has 8 rings (SSSR count). The lowest BCUT2D eigenvalue weighted by Gasteiger charge is -2.27. The van der Waals surface area contributed by atoms with Crippen LogP contribution in [0.15, 0.2) is 232 Å². The average Bonchev–Trinajstić information content (AvgIpc) is 3.46. The first-order chi connectivity index (χ1) is 37.2. The van der Waals surface area contributed by atoms with E-state index in [9.17, 15) is 19.8 Å². The van der Waals surface area contributed by atoms with Crippen LogP contribution in [0.1, 0.15) is 11.1 Å². The number of aliphatic hydroxyl groups is 1. The van der Waals surface area contributed by atoms with E-state index in [1.165, 1.54) is 0 Å². The first-order valence-electron chi connectivity index (χ1n) is 24.0. The maximum Gasteiger partial charge on any atom is 0.360 e. The molecule has 0 fully saturated rings. The molecule has 1 atom stereocenters. The van der Waals surface area contributed by atoms with Crippen LogP contribution in [0.5, 0.6) is 46.0 Å². The van der Waals surface area contributed by atoms with Crippen molar-refractivity contribution in [3.8, 4) is 46.0 Å². The molecule has 14 heteroatoms. The van der Waals surface area contributed by atoms with E-state index >= 15 is 0 Å². The van der Waals surface area contributed by atoms with Crippen molar-refractivity contribution in [3.63, 3.8) is 0 Å². The molecule has 0 aliphatic rings. The highest BCUT2D eigenvalue weighted by atomic mass is 16.8. The van der Waals surface area contributed by atoms with Gasteiger partial charge in [-0.05, 0) is 181 Å². The number of rotatable bonds is 26. The summed E-state index contributed by atoms with van der Waals surface area (Å²) in [7, 11) is 0. The van der Waals surface area contributed by atoms with Crippen molar-refractivity contribution in [3.05, 3.63) is 243 Å². The van der Waals surface area contributed by atoms with E-state index in [1.54, 1.807) is 78.9 Å². The molecule has 384 valence electrons. The van der Waals surface area contributed by atoms with Crippen LogP contribution in [0.2, 0.25) is 0 Å². The van der Waals surface area contributed by atoms with Crippen LogP contribution in [0, 0.1) is 0 Å². The quantitative estimate of drug-likeness (QED) is 0.0174. The Morgan fingerprint density at radius 3 is 1.12 bits per heavy atom. The second-order valence-corrected chi connectivity index (χ2v) is 16.5. The Labute approximate surface area is 440 Å². The summed E-state index contributed by atoms with van der Waals surface area (Å²) < 4.78 is 46.5. The monoisotopic (exact) mass is 1020 g/mol. The number of anilines is 6. The van der Waals surface area contributed by atoms with E-state index in [0.29, 0.717) is 60.1 Å². The minimum absolute atomic E-state index is 0.0521. The number of phenolic OH excluding ortho intramolecular Hbond substituents is 1. The van der Waals surface area contributed by atoms with Crippen molar-refractivity contribution in [2.75, 3.05) is 29.6 Å². The molecule has 0 bridgehead atoms. The summed E-state index contributed by atoms with van der Waals surface area (Å²) in [6, 6.07) is 58.9. The van der Waals surface area contributed by atoms with Crippen molar-refractivity contribution < 1.29 is 57.7 Å². The van der Waals surface area contributed by atoms with Crippen LogP contribution in [0.25, 0.3) is 0 Å². The second-order valence-electron chi connectivity index (χ2n) is 16.5. The Morgan fingerprint density at radius 1 is 0.434 bits per heavy atom. The third kappa shape index (κ3) is 14.7. The molecule has 2 N–H and O–H groups in total. The molecule has 14 nitrogen and oxygen atoms in total. The van der Waals surface area contributed by atoms with Crippen molar-refractivity contribution in [1.82, 2.24) is 0 Å². The van der Waals surface area contributed by atoms with E-state index in [4.69, 9.17) is 37.9 Å². The summed E-state index contributed by atoms with van der Waals surface area (Å²) in [6.07, 6.45) is 3.90. The van der Waals surface area contributed by atoms with Gasteiger partial charge in [0.2, 0.25) is 0 Å². The Kier molecular flexibility index (Phi) is 18.2. The molecule has 0 spiro atoms. The topological polar surface area (TPSA) is 155 Å². The van der Waals surface area contributed by atoms with Gasteiger partial charge in [0.1, 0.15) is 65.8 Å². The molecule has 0 heterocycles. The lowest BCUT2D eigenvalue weighted by atomic mass is 10.1. The summed E-state index contributed by atoms with van der Waals surface area (Å²) in [4.78, 5) is 27.6. The highest BCUT2D eigenvalue weighted by Crippen LogP contribution is 2.39. The van der Waals surface area contributed by atoms with Gasteiger partial charge in [-0.1, -0.05) is 50.1 Å². The van der Waals surface area contributed by atoms with E-state index in [-0.39, 0.29) is 19.0 Å². The molecule has 76 heavy (non-hydrogen) atoms. The van der Waals surface area contributed by atoms with Crippen LogP contribution < -0.4 is 43.0 Å². The van der Waals surface area contributed by atoms with E-state index < -0.39 is 18.4 Å². The highest BCUT2D eigenvalue weighted by Gasteiger charge is 2.19. The van der Waals surface area contributed by atoms with Crippen LogP contribution >= 0.6 is 0 Å². The largest absolute Gasteiger partial charge is 0.508 e. The maximum atomic E-state index is 11.9. The Hall–Kier alpha value is -9.76. The Morgan fingerprint density at radius 2 is 0.750 bits per heavy atom. The third-order valence-corrected chi connectivity index (χ3v) is 11.2. The number of aromatic hydroxyl groups is 1. The van der Waals surface area contributed by atoms with E-state index in [1.807, 2.05) is 126 Å². The fourth-order valence-electron chi connectivity index (χ4n) is 7.49. The zero-order valence-corrected chi connectivity index (χ0v) is 41.3. The molecule has 0 aliphatic heterocycles. The van der Waals surface area contributed by atoms with Gasteiger partial charge in [-0.3, -0.25) is 0 Å². The van der Waals surface area contributed by atoms with Crippen molar-refractivity contribution in [2.24, 2.45) is 0 Å². The molecule has 1 unspecified atom stereocenters. The number of benzene rings is 8. The Balaban J connectivity index is 0.977. The van der Waals surface area contributed by atoms with Gasteiger partial charge in [0.15, 0.2) is 0 Å². The zero-order valence-electron chi connectivity index (χ0n) is 41.3. The number of hydrogen-bond acceptors (Lipinski definition) is 14. The van der Waals surface area contributed by atoms with Gasteiger partial charge in [-0.2, -0.15) is 0 Å². The van der Waals surface area contributed by atoms with Gasteiger partial charge in [-0.25, -0.2) is 9.59 Å². The lowest BCUT2D eigenvalue weighted by molar-refractivity contribution is -0.202. The molecule has 0 saturated heterocycles. The highest BCUT2D eigenvalue weighted by molar-refractivity contribution is 5.84.